The van der Waals surface area contributed by atoms with E-state index in [0.717, 1.165) is 32.5 Å². The van der Waals surface area contributed by atoms with Crippen LogP contribution in [0.25, 0.3) is 0 Å². The van der Waals surface area contributed by atoms with E-state index in [1.54, 1.807) is 17.8 Å². The molecular formula is C22H27FN4O4S. The van der Waals surface area contributed by atoms with E-state index >= 15 is 0 Å². The Hall–Kier alpha value is -2.56. The van der Waals surface area contributed by atoms with Gasteiger partial charge in [0.05, 0.1) is 12.2 Å². The number of hydrogen-bond donors (Lipinski definition) is 1. The second-order valence-corrected chi connectivity index (χ2v) is 10.3. The molecule has 0 saturated carbocycles. The summed E-state index contributed by atoms with van der Waals surface area (Å²) in [5, 5.41) is 12.7. The fraction of sp³-hybridized carbons (Fsp3) is 0.455. The van der Waals surface area contributed by atoms with Crippen LogP contribution in [0.1, 0.15) is 35.3 Å². The molecule has 10 heteroatoms. The van der Waals surface area contributed by atoms with Gasteiger partial charge in [0.1, 0.15) is 16.4 Å². The Morgan fingerprint density at radius 2 is 1.84 bits per heavy atom. The Labute approximate surface area is 187 Å². The molecule has 1 N–H and O–H groups in total. The number of rotatable bonds is 6. The first kappa shape index (κ1) is 22.6. The highest BCUT2D eigenvalue weighted by atomic mass is 32.2. The molecule has 32 heavy (non-hydrogen) atoms. The number of fused-ring (bicyclic) bond motifs is 1. The molecule has 2 aromatic rings. The van der Waals surface area contributed by atoms with Gasteiger partial charge in [-0.05, 0) is 69.2 Å². The Balaban J connectivity index is 1.29. The first-order valence-electron chi connectivity index (χ1n) is 10.7. The lowest BCUT2D eigenvalue weighted by Gasteiger charge is -2.32. The lowest BCUT2D eigenvalue weighted by Crippen LogP contribution is -2.43. The molecule has 172 valence electrons. The average molecular weight is 463 g/mol. The maximum atomic E-state index is 13.1. The zero-order valence-electron chi connectivity index (χ0n) is 17.9. The summed E-state index contributed by atoms with van der Waals surface area (Å²) < 4.78 is 42.0. The largest absolute Gasteiger partial charge is 0.411 e. The number of piperidine rings is 1. The van der Waals surface area contributed by atoms with Crippen molar-refractivity contribution >= 4 is 21.5 Å². The molecule has 0 atom stereocenters. The number of aryl methyl sites for hydroxylation is 1. The van der Waals surface area contributed by atoms with Crippen LogP contribution in [0.4, 0.5) is 4.39 Å². The maximum absolute atomic E-state index is 13.1. The number of carbonyl (C=O) groups is 1. The summed E-state index contributed by atoms with van der Waals surface area (Å²) in [6, 6.07) is 7.21. The maximum Gasteiger partial charge on any atom is 0.245 e. The highest BCUT2D eigenvalue weighted by Gasteiger charge is 2.37. The molecule has 4 rings (SSSR count). The van der Waals surface area contributed by atoms with E-state index in [1.807, 2.05) is 0 Å². The smallest absolute Gasteiger partial charge is 0.245 e. The molecule has 0 bridgehead atoms. The molecule has 0 amide bonds. The molecule has 8 nitrogen and oxygen atoms in total. The molecule has 3 heterocycles. The van der Waals surface area contributed by atoms with Gasteiger partial charge in [-0.25, -0.2) is 12.8 Å². The Morgan fingerprint density at radius 1 is 1.16 bits per heavy atom. The molecular weight excluding hydrogens is 435 g/mol. The molecule has 0 unspecified atom stereocenters. The molecule has 1 aromatic carbocycles. The van der Waals surface area contributed by atoms with Gasteiger partial charge < -0.3 is 14.7 Å². The van der Waals surface area contributed by atoms with Crippen molar-refractivity contribution in [1.29, 1.82) is 0 Å². The van der Waals surface area contributed by atoms with Crippen LogP contribution in [-0.2, 0) is 17.1 Å². The van der Waals surface area contributed by atoms with Crippen LogP contribution in [0.3, 0.4) is 0 Å². The van der Waals surface area contributed by atoms with Crippen LogP contribution in [0, 0.1) is 11.7 Å². The number of carbonyl (C=O) groups excluding carboxylic acids is 1. The van der Waals surface area contributed by atoms with Crippen molar-refractivity contribution in [3.63, 3.8) is 0 Å². The zero-order valence-corrected chi connectivity index (χ0v) is 18.8. The van der Waals surface area contributed by atoms with Crippen LogP contribution in [0.5, 0.6) is 0 Å². The van der Waals surface area contributed by atoms with E-state index in [4.69, 9.17) is 0 Å². The third-order valence-electron chi connectivity index (χ3n) is 6.34. The number of oxime groups is 1. The van der Waals surface area contributed by atoms with Crippen molar-refractivity contribution in [2.24, 2.45) is 18.1 Å². The number of aromatic nitrogens is 1. The van der Waals surface area contributed by atoms with E-state index < -0.39 is 10.0 Å². The summed E-state index contributed by atoms with van der Waals surface area (Å²) in [5.41, 5.74) is 1.31. The van der Waals surface area contributed by atoms with Crippen LogP contribution in [0.15, 0.2) is 46.6 Å². The first-order chi connectivity index (χ1) is 15.3. The average Bonchev–Trinajstić information content (AvgIpc) is 3.19. The van der Waals surface area contributed by atoms with Crippen molar-refractivity contribution in [3.8, 4) is 0 Å². The topological polar surface area (TPSA) is 95.2 Å². The molecule has 1 aromatic heterocycles. The summed E-state index contributed by atoms with van der Waals surface area (Å²) in [4.78, 5) is 15.0. The van der Waals surface area contributed by atoms with Gasteiger partial charge in [-0.2, -0.15) is 4.31 Å². The summed E-state index contributed by atoms with van der Waals surface area (Å²) in [5.74, 6) is -0.370. The molecule has 1 fully saturated rings. The number of hydrogen-bond acceptors (Lipinski definition) is 6. The fourth-order valence-corrected chi connectivity index (χ4v) is 6.22. The first-order valence-corrected chi connectivity index (χ1v) is 12.1. The molecule has 0 spiro atoms. The number of benzene rings is 1. The highest BCUT2D eigenvalue weighted by molar-refractivity contribution is 7.89. The van der Waals surface area contributed by atoms with Crippen molar-refractivity contribution in [3.05, 3.63) is 53.6 Å². The Morgan fingerprint density at radius 3 is 2.50 bits per heavy atom. The standard InChI is InChI=1S/C22H27FN4O4S/c1-25-12-9-20-21(25)19(24-29)15-27(32(20,30)31)11-2-10-26-13-7-17(8-14-26)22(28)16-3-5-18(23)6-4-16/h3-6,9,12,17,29H,2,7-8,10-11,13-15H2,1H3/b24-19-. The second-order valence-electron chi connectivity index (χ2n) is 8.37. The lowest BCUT2D eigenvalue weighted by molar-refractivity contribution is 0.0838. The van der Waals surface area contributed by atoms with Gasteiger partial charge in [-0.1, -0.05) is 5.16 Å². The highest BCUT2D eigenvalue weighted by Crippen LogP contribution is 2.28. The van der Waals surface area contributed by atoms with Crippen LogP contribution < -0.4 is 0 Å². The quantitative estimate of drug-likeness (QED) is 0.404. The fourth-order valence-electron chi connectivity index (χ4n) is 4.54. The number of halogens is 1. The number of ketones is 1. The second kappa shape index (κ2) is 9.13. The van der Waals surface area contributed by atoms with E-state index in [1.165, 1.54) is 34.6 Å². The Bertz CT molecular complexity index is 1120. The molecule has 2 aliphatic heterocycles. The van der Waals surface area contributed by atoms with Gasteiger partial charge in [-0.3, -0.25) is 4.79 Å². The minimum absolute atomic E-state index is 0.0396. The molecule has 2 aliphatic rings. The van der Waals surface area contributed by atoms with Crippen molar-refractivity contribution < 1.29 is 22.8 Å². The third-order valence-corrected chi connectivity index (χ3v) is 8.22. The van der Waals surface area contributed by atoms with Gasteiger partial charge in [0.2, 0.25) is 10.0 Å². The van der Waals surface area contributed by atoms with Gasteiger partial charge in [0.25, 0.3) is 0 Å². The molecule has 0 aliphatic carbocycles. The third kappa shape index (κ3) is 4.35. The van der Waals surface area contributed by atoms with Crippen molar-refractivity contribution in [1.82, 2.24) is 13.8 Å². The molecule has 1 saturated heterocycles. The van der Waals surface area contributed by atoms with Crippen LogP contribution in [-0.4, -0.2) is 71.6 Å². The van der Waals surface area contributed by atoms with E-state index in [2.05, 4.69) is 10.1 Å². The zero-order chi connectivity index (χ0) is 22.9. The van der Waals surface area contributed by atoms with Crippen LogP contribution in [0.2, 0.25) is 0 Å². The monoisotopic (exact) mass is 462 g/mol. The minimum atomic E-state index is -3.63. The summed E-state index contributed by atoms with van der Waals surface area (Å²) in [6.45, 7) is 2.60. The Kier molecular flexibility index (Phi) is 6.45. The van der Waals surface area contributed by atoms with Gasteiger partial charge in [0, 0.05) is 31.3 Å². The van der Waals surface area contributed by atoms with Gasteiger partial charge in [-0.15, -0.1) is 0 Å². The SMILES string of the molecule is Cn1ccc2c1/C(=N\O)CN(CCCN1CCC(C(=O)c3ccc(F)cc3)CC1)S2(=O)=O. The summed E-state index contributed by atoms with van der Waals surface area (Å²) >= 11 is 0. The van der Waals surface area contributed by atoms with Crippen molar-refractivity contribution in [2.75, 3.05) is 32.7 Å². The van der Waals surface area contributed by atoms with Crippen molar-refractivity contribution in [2.45, 2.75) is 24.2 Å². The van der Waals surface area contributed by atoms with Gasteiger partial charge in [0.15, 0.2) is 5.78 Å². The summed E-state index contributed by atoms with van der Waals surface area (Å²) in [7, 11) is -1.91. The van der Waals surface area contributed by atoms with E-state index in [0.29, 0.717) is 29.9 Å². The lowest BCUT2D eigenvalue weighted by atomic mass is 9.89. The number of likely N-dealkylation sites (tertiary alicyclic amines) is 1. The van der Waals surface area contributed by atoms with E-state index in [-0.39, 0.29) is 29.0 Å². The van der Waals surface area contributed by atoms with Gasteiger partial charge >= 0.3 is 0 Å². The number of sulfonamides is 1. The summed E-state index contributed by atoms with van der Waals surface area (Å²) in [6.07, 6.45) is 3.74. The minimum Gasteiger partial charge on any atom is -0.411 e. The van der Waals surface area contributed by atoms with Crippen LogP contribution >= 0.6 is 0 Å². The number of Topliss-reactive ketones (excluding diaryl/α,β-unsaturated/α-hetero) is 1. The normalized spacial score (nSPS) is 21.0. The molecule has 0 radical (unpaired) electrons. The predicted molar refractivity (Wildman–Crippen MR) is 117 cm³/mol. The number of nitrogens with zero attached hydrogens (tertiary/aromatic N) is 4. The predicted octanol–water partition coefficient (Wildman–Crippen LogP) is 2.33. The van der Waals surface area contributed by atoms with E-state index in [9.17, 15) is 22.8 Å².